The molecule has 2 aromatic heterocycles. The molecule has 0 unspecified atom stereocenters. The lowest BCUT2D eigenvalue weighted by molar-refractivity contribution is 0.0632. The number of carbonyl (C=O) groups excluding carboxylic acids is 2. The smallest absolute Gasteiger partial charge is 0.273 e. The molecule has 2 rings (SSSR count). The molecule has 0 aliphatic rings. The molecule has 0 bridgehead atoms. The Balaban J connectivity index is 2.13. The van der Waals surface area contributed by atoms with Gasteiger partial charge >= 0.3 is 0 Å². The number of nitrogens with one attached hydrogen (secondary N) is 1. The number of nitrogens with zero attached hydrogens (tertiary/aromatic N) is 2. The van der Waals surface area contributed by atoms with E-state index in [0.29, 0.717) is 29.6 Å². The highest BCUT2D eigenvalue weighted by Crippen LogP contribution is 2.20. The van der Waals surface area contributed by atoms with Crippen LogP contribution in [0.4, 0.5) is 0 Å². The summed E-state index contributed by atoms with van der Waals surface area (Å²) in [5.74, 6) is 0.596. The molecule has 0 aliphatic carbocycles. The van der Waals surface area contributed by atoms with Crippen molar-refractivity contribution in [3.63, 3.8) is 0 Å². The molecule has 2 amide bonds. The van der Waals surface area contributed by atoms with Crippen LogP contribution in [0.1, 0.15) is 66.5 Å². The zero-order valence-corrected chi connectivity index (χ0v) is 16.6. The number of thiophene rings is 1. The van der Waals surface area contributed by atoms with Crippen LogP contribution in [-0.4, -0.2) is 34.5 Å². The standard InChI is InChI=1S/C19H27N3O3S/c1-5-14(6-2)22(19(24)17-8-7-9-26-17)12-15-10-16(21-25-15)18(23)20-11-13(3)4/h7-10,13-14H,5-6,11-12H2,1-4H3,(H,20,23). The molecule has 0 atom stereocenters. The van der Waals surface area contributed by atoms with Crippen LogP contribution in [0.2, 0.25) is 0 Å². The fourth-order valence-electron chi connectivity index (χ4n) is 2.69. The second-order valence-corrected chi connectivity index (χ2v) is 7.61. The fraction of sp³-hybridized carbons (Fsp3) is 0.526. The summed E-state index contributed by atoms with van der Waals surface area (Å²) >= 11 is 1.43. The summed E-state index contributed by atoms with van der Waals surface area (Å²) in [7, 11) is 0. The van der Waals surface area contributed by atoms with Crippen LogP contribution in [0.25, 0.3) is 0 Å². The molecule has 0 fully saturated rings. The summed E-state index contributed by atoms with van der Waals surface area (Å²) in [5, 5.41) is 8.57. The maximum atomic E-state index is 12.9. The van der Waals surface area contributed by atoms with Crippen LogP contribution in [0.15, 0.2) is 28.1 Å². The minimum absolute atomic E-state index is 0.0177. The summed E-state index contributed by atoms with van der Waals surface area (Å²) in [4.78, 5) is 27.5. The number of amides is 2. The molecular weight excluding hydrogens is 350 g/mol. The van der Waals surface area contributed by atoms with E-state index in [4.69, 9.17) is 4.52 Å². The van der Waals surface area contributed by atoms with Crippen LogP contribution < -0.4 is 5.32 Å². The predicted octanol–water partition coefficient (Wildman–Crippen LogP) is 3.95. The highest BCUT2D eigenvalue weighted by molar-refractivity contribution is 7.12. The molecule has 1 N–H and O–H groups in total. The Labute approximate surface area is 158 Å². The molecule has 0 aliphatic heterocycles. The monoisotopic (exact) mass is 377 g/mol. The molecule has 0 saturated carbocycles. The quantitative estimate of drug-likeness (QED) is 0.718. The van der Waals surface area contributed by atoms with Gasteiger partial charge in [-0.3, -0.25) is 9.59 Å². The Bertz CT molecular complexity index is 705. The van der Waals surface area contributed by atoms with Crippen LogP contribution in [0.3, 0.4) is 0 Å². The van der Waals surface area contributed by atoms with Crippen LogP contribution >= 0.6 is 11.3 Å². The van der Waals surface area contributed by atoms with Crippen molar-refractivity contribution in [2.75, 3.05) is 6.54 Å². The molecule has 0 radical (unpaired) electrons. The van der Waals surface area contributed by atoms with Crippen molar-refractivity contribution in [3.05, 3.63) is 39.9 Å². The number of hydrogen-bond acceptors (Lipinski definition) is 5. The van der Waals surface area contributed by atoms with Gasteiger partial charge in [-0.05, 0) is 30.2 Å². The lowest BCUT2D eigenvalue weighted by Gasteiger charge is -2.29. The van der Waals surface area contributed by atoms with Crippen molar-refractivity contribution in [3.8, 4) is 0 Å². The Morgan fingerprint density at radius 2 is 2.04 bits per heavy atom. The summed E-state index contributed by atoms with van der Waals surface area (Å²) < 4.78 is 5.33. The molecule has 26 heavy (non-hydrogen) atoms. The van der Waals surface area contributed by atoms with Crippen molar-refractivity contribution < 1.29 is 14.1 Å². The topological polar surface area (TPSA) is 75.4 Å². The molecular formula is C19H27N3O3S. The average Bonchev–Trinajstić information content (AvgIpc) is 3.31. The van der Waals surface area contributed by atoms with Crippen LogP contribution in [0.5, 0.6) is 0 Å². The zero-order valence-electron chi connectivity index (χ0n) is 15.8. The number of rotatable bonds is 9. The number of carbonyl (C=O) groups is 2. The molecule has 7 heteroatoms. The highest BCUT2D eigenvalue weighted by Gasteiger charge is 2.25. The first-order chi connectivity index (χ1) is 12.5. The van der Waals surface area contributed by atoms with Crippen molar-refractivity contribution >= 4 is 23.2 Å². The van der Waals surface area contributed by atoms with E-state index in [-0.39, 0.29) is 23.6 Å². The maximum absolute atomic E-state index is 12.9. The third-order valence-electron chi connectivity index (χ3n) is 4.16. The fourth-order valence-corrected chi connectivity index (χ4v) is 3.37. The van der Waals surface area contributed by atoms with Gasteiger partial charge in [0, 0.05) is 18.7 Å². The second kappa shape index (κ2) is 9.52. The highest BCUT2D eigenvalue weighted by atomic mass is 32.1. The van der Waals surface area contributed by atoms with E-state index in [1.54, 1.807) is 6.07 Å². The van der Waals surface area contributed by atoms with Gasteiger partial charge in [-0.15, -0.1) is 11.3 Å². The van der Waals surface area contributed by atoms with Gasteiger partial charge in [-0.25, -0.2) is 0 Å². The molecule has 0 aromatic carbocycles. The minimum atomic E-state index is -0.257. The van der Waals surface area contributed by atoms with Gasteiger partial charge in [0.2, 0.25) is 0 Å². The van der Waals surface area contributed by atoms with Gasteiger partial charge < -0.3 is 14.7 Å². The van der Waals surface area contributed by atoms with Crippen LogP contribution in [0, 0.1) is 5.92 Å². The van der Waals surface area contributed by atoms with Gasteiger partial charge in [-0.1, -0.05) is 38.9 Å². The van der Waals surface area contributed by atoms with Crippen molar-refractivity contribution in [2.24, 2.45) is 5.92 Å². The second-order valence-electron chi connectivity index (χ2n) is 6.66. The summed E-state index contributed by atoms with van der Waals surface area (Å²) in [6.45, 7) is 9.06. The maximum Gasteiger partial charge on any atom is 0.273 e. The van der Waals surface area contributed by atoms with E-state index in [9.17, 15) is 9.59 Å². The summed E-state index contributed by atoms with van der Waals surface area (Å²) in [6, 6.07) is 5.42. The van der Waals surface area contributed by atoms with Crippen molar-refractivity contribution in [2.45, 2.75) is 53.1 Å². The lowest BCUT2D eigenvalue weighted by Crippen LogP contribution is -2.38. The molecule has 142 valence electrons. The third-order valence-corrected chi connectivity index (χ3v) is 5.02. The predicted molar refractivity (Wildman–Crippen MR) is 102 cm³/mol. The molecule has 2 aromatic rings. The van der Waals surface area contributed by atoms with E-state index in [2.05, 4.69) is 24.3 Å². The van der Waals surface area contributed by atoms with E-state index in [1.165, 1.54) is 11.3 Å². The molecule has 0 saturated heterocycles. The van der Waals surface area contributed by atoms with Crippen molar-refractivity contribution in [1.82, 2.24) is 15.4 Å². The Kier molecular flexibility index (Phi) is 7.38. The third kappa shape index (κ3) is 5.17. The molecule has 6 nitrogen and oxygen atoms in total. The van der Waals surface area contributed by atoms with Crippen molar-refractivity contribution in [1.29, 1.82) is 0 Å². The first-order valence-corrected chi connectivity index (χ1v) is 9.92. The lowest BCUT2D eigenvalue weighted by atomic mass is 10.1. The van der Waals surface area contributed by atoms with E-state index < -0.39 is 0 Å². The Morgan fingerprint density at radius 1 is 1.31 bits per heavy atom. The minimum Gasteiger partial charge on any atom is -0.359 e. The summed E-state index contributed by atoms with van der Waals surface area (Å²) in [6.07, 6.45) is 1.70. The molecule has 0 spiro atoms. The normalized spacial score (nSPS) is 11.2. The van der Waals surface area contributed by atoms with Gasteiger partial charge in [-0.2, -0.15) is 0 Å². The first kappa shape index (κ1) is 20.2. The van der Waals surface area contributed by atoms with E-state index in [0.717, 1.165) is 12.8 Å². The summed E-state index contributed by atoms with van der Waals surface area (Å²) in [5.41, 5.74) is 0.244. The van der Waals surface area contributed by atoms with Gasteiger partial charge in [0.25, 0.3) is 11.8 Å². The average molecular weight is 378 g/mol. The zero-order chi connectivity index (χ0) is 19.1. The Hall–Kier alpha value is -2.15. The van der Waals surface area contributed by atoms with Gasteiger partial charge in [0.05, 0.1) is 11.4 Å². The Morgan fingerprint density at radius 3 is 2.62 bits per heavy atom. The SMILES string of the molecule is CCC(CC)N(Cc1cc(C(=O)NCC(C)C)no1)C(=O)c1cccs1. The van der Waals surface area contributed by atoms with E-state index >= 15 is 0 Å². The van der Waals surface area contributed by atoms with E-state index in [1.807, 2.05) is 36.3 Å². The van der Waals surface area contributed by atoms with Crippen LogP contribution in [-0.2, 0) is 6.54 Å². The number of aromatic nitrogens is 1. The number of hydrogen-bond donors (Lipinski definition) is 1. The molecule has 2 heterocycles. The first-order valence-electron chi connectivity index (χ1n) is 9.04. The van der Waals surface area contributed by atoms with Gasteiger partial charge in [0.1, 0.15) is 0 Å². The largest absolute Gasteiger partial charge is 0.359 e. The van der Waals surface area contributed by atoms with Gasteiger partial charge in [0.15, 0.2) is 11.5 Å².